The fraction of sp³-hybridized carbons (Fsp3) is 0.667. The molecule has 2 saturated carbocycles. The summed E-state index contributed by atoms with van der Waals surface area (Å²) in [7, 11) is 10.1. The lowest BCUT2D eigenvalue weighted by molar-refractivity contribution is -0.153. The van der Waals surface area contributed by atoms with Gasteiger partial charge < -0.3 is 55.1 Å². The highest BCUT2D eigenvalue weighted by molar-refractivity contribution is 6.31. The maximum Gasteiger partial charge on any atom is 0.417 e. The fourth-order valence-electron chi connectivity index (χ4n) is 13.6. The molecule has 8 atom stereocenters. The van der Waals surface area contributed by atoms with Gasteiger partial charge in [0.1, 0.15) is 41.8 Å². The number of nitrogens with one attached hydrogen (secondary N) is 3. The molecule has 4 aliphatic rings. The number of fused-ring (bicyclic) bond motifs is 1. The third-order valence-corrected chi connectivity index (χ3v) is 20.3. The van der Waals surface area contributed by atoms with Gasteiger partial charge in [-0.1, -0.05) is 114 Å². The summed E-state index contributed by atoms with van der Waals surface area (Å²) in [6.07, 6.45) is 1.25. The molecular weight excluding hydrogens is 1250 g/mol. The largest absolute Gasteiger partial charge is 0.417 e. The van der Waals surface area contributed by atoms with Crippen LogP contribution < -0.4 is 16.0 Å². The molecule has 1 unspecified atom stereocenters. The van der Waals surface area contributed by atoms with Crippen molar-refractivity contribution in [3.63, 3.8) is 0 Å². The normalized spacial score (nSPS) is 25.6. The number of halogens is 4. The van der Waals surface area contributed by atoms with E-state index in [9.17, 15) is 51.5 Å². The van der Waals surface area contributed by atoms with E-state index in [2.05, 4.69) is 16.0 Å². The first-order valence-corrected chi connectivity index (χ1v) is 33.9. The van der Waals surface area contributed by atoms with E-state index in [4.69, 9.17) is 11.6 Å². The van der Waals surface area contributed by atoms with E-state index in [1.807, 2.05) is 39.8 Å². The first-order valence-electron chi connectivity index (χ1n) is 33.5. The number of hydrogen-bond acceptors (Lipinski definition) is 11. The molecule has 526 valence electrons. The van der Waals surface area contributed by atoms with E-state index < -0.39 is 155 Å². The summed E-state index contributed by atoms with van der Waals surface area (Å²) < 4.78 is 41.5. The number of carbonyl (C=O) groups excluding carboxylic acids is 11. The van der Waals surface area contributed by atoms with Crippen molar-refractivity contribution in [2.75, 3.05) is 75.5 Å². The number of benzene rings is 2. The van der Waals surface area contributed by atoms with Crippen molar-refractivity contribution in [2.45, 2.75) is 205 Å². The zero-order chi connectivity index (χ0) is 70.6. The second-order valence-corrected chi connectivity index (χ2v) is 28.0. The molecule has 1 spiro atoms. The molecule has 2 aromatic carbocycles. The van der Waals surface area contributed by atoms with Gasteiger partial charge >= 0.3 is 6.18 Å². The summed E-state index contributed by atoms with van der Waals surface area (Å²) in [6, 6.07) is 2.57. The number of alkyl halides is 3. The predicted molar refractivity (Wildman–Crippen MR) is 353 cm³/mol. The van der Waals surface area contributed by atoms with Gasteiger partial charge in [0.15, 0.2) is 0 Å². The van der Waals surface area contributed by atoms with Crippen LogP contribution in [0.15, 0.2) is 42.5 Å². The molecule has 3 N–H and O–H groups in total. The molecule has 2 saturated heterocycles. The maximum absolute atomic E-state index is 15.4. The quantitative estimate of drug-likeness (QED) is 0.248. The highest BCUT2D eigenvalue weighted by Crippen LogP contribution is 2.38. The van der Waals surface area contributed by atoms with Crippen molar-refractivity contribution in [2.24, 2.45) is 17.8 Å². The summed E-state index contributed by atoms with van der Waals surface area (Å²) in [5, 5.41) is 8.15. The van der Waals surface area contributed by atoms with E-state index >= 15 is 14.4 Å². The molecule has 11 amide bonds. The first-order chi connectivity index (χ1) is 44.6. The zero-order valence-corrected chi connectivity index (χ0v) is 58.5. The van der Waals surface area contributed by atoms with Gasteiger partial charge in [-0.05, 0) is 113 Å². The van der Waals surface area contributed by atoms with Crippen molar-refractivity contribution < 1.29 is 65.9 Å². The average Bonchev–Trinajstić information content (AvgIpc) is 1.76. The van der Waals surface area contributed by atoms with E-state index in [1.165, 1.54) is 65.8 Å². The van der Waals surface area contributed by atoms with Crippen molar-refractivity contribution in [3.05, 3.63) is 69.7 Å². The van der Waals surface area contributed by atoms with E-state index in [0.29, 0.717) is 49.7 Å². The lowest BCUT2D eigenvalue weighted by Gasteiger charge is -2.43. The average molecular weight is 1350 g/mol. The molecule has 0 radical (unpaired) electrons. The van der Waals surface area contributed by atoms with Crippen LogP contribution in [-0.2, 0) is 71.8 Å². The van der Waals surface area contributed by atoms with Crippen LogP contribution in [0.4, 0.5) is 13.2 Å². The van der Waals surface area contributed by atoms with Crippen LogP contribution in [0.2, 0.25) is 5.02 Å². The Labute approximate surface area is 563 Å². The second kappa shape index (κ2) is 33.6. The summed E-state index contributed by atoms with van der Waals surface area (Å²) >= 11 is 6.14. The number of likely N-dealkylation sites (N-methyl/N-ethyl adjacent to an activating group) is 7. The standard InChI is InChI=1S/C69H101ClF3N11O11/c1-14-44(5)59-65(93)79(9)40-57(87)77(7)41-58(88)82(12)54(38-47-26-24-43(4)25-27-47)64(92)78(8)39-55(85)74-51(31-29-46-28-30-49(50(70)37-46)69(71,72)73)63(91)84-34-20-23-52(84)62(90)76-68(32-18-19-33-68)67(95)83(13)60(48-21-16-15-17-22-48)66(94)80(10)45(6)36-56(86)81(11)53(35-42(2)3)61(89)75-59/h24-28,30,37,42,44-45,48,51-54,59-60H,14-23,29,31-36,38-41H2,1-13H3,(H,74,85)(H,75,89)(H,76,90)/t44-,45+,51-,52?,53-,54-,59-,60-/m0/s1. The van der Waals surface area contributed by atoms with Gasteiger partial charge in [-0.3, -0.25) is 52.7 Å². The molecule has 0 aromatic heterocycles. The maximum atomic E-state index is 15.4. The second-order valence-electron chi connectivity index (χ2n) is 27.6. The van der Waals surface area contributed by atoms with Gasteiger partial charge in [-0.15, -0.1) is 0 Å². The minimum atomic E-state index is -4.75. The lowest BCUT2D eigenvalue weighted by Crippen LogP contribution is -2.65. The molecule has 2 aliphatic heterocycles. The Hall–Kier alpha value is -7.31. The van der Waals surface area contributed by atoms with Crippen molar-refractivity contribution >= 4 is 76.6 Å². The molecule has 2 aromatic rings. The molecule has 22 nitrogen and oxygen atoms in total. The summed E-state index contributed by atoms with van der Waals surface area (Å²) in [6.45, 7) is 9.32. The van der Waals surface area contributed by atoms with Crippen LogP contribution in [0.1, 0.15) is 153 Å². The van der Waals surface area contributed by atoms with Crippen LogP contribution in [0, 0.1) is 24.7 Å². The molecule has 26 heteroatoms. The van der Waals surface area contributed by atoms with Gasteiger partial charge in [-0.2, -0.15) is 13.2 Å². The summed E-state index contributed by atoms with van der Waals surface area (Å²) in [5.41, 5.74) is -0.691. The number of hydrogen-bond donors (Lipinski definition) is 3. The third-order valence-electron chi connectivity index (χ3n) is 20.0. The van der Waals surface area contributed by atoms with E-state index in [1.54, 1.807) is 40.1 Å². The number of carbonyl (C=O) groups is 11. The van der Waals surface area contributed by atoms with Crippen LogP contribution in [0.25, 0.3) is 0 Å². The van der Waals surface area contributed by atoms with Crippen LogP contribution in [-0.4, -0.2) is 228 Å². The molecule has 2 heterocycles. The SMILES string of the molecule is CC[C@H](C)[C@@H]1NC(=O)[C@H](CC(C)C)N(C)C(=O)C[C@@H](C)N(C)C(=O)[C@H](C2CCCCC2)N(C)C(=O)C2(CCCC2)NC(=O)C2CCCN2C(=O)[C@H](CCc2ccc(C(F)(F)F)c(Cl)c2)NC(=O)CN(C)C(=O)[C@H](Cc2ccc(C)cc2)N(C)C(=O)CN(C)C(=O)CN(C)C1=O. The Kier molecular flexibility index (Phi) is 27.1. The first kappa shape index (κ1) is 76.7. The molecule has 95 heavy (non-hydrogen) atoms. The van der Waals surface area contributed by atoms with Gasteiger partial charge in [0.05, 0.1) is 30.2 Å². The molecule has 0 bridgehead atoms. The van der Waals surface area contributed by atoms with Crippen LogP contribution in [0.5, 0.6) is 0 Å². The number of aryl methyl sites for hydroxylation is 2. The number of nitrogens with zero attached hydrogens (tertiary/aromatic N) is 8. The fourth-order valence-corrected chi connectivity index (χ4v) is 13.9. The van der Waals surface area contributed by atoms with Crippen LogP contribution in [0.3, 0.4) is 0 Å². The smallest absolute Gasteiger partial charge is 0.343 e. The Morgan fingerprint density at radius 1 is 0.632 bits per heavy atom. The van der Waals surface area contributed by atoms with Gasteiger partial charge in [0, 0.05) is 74.8 Å². The Balaban J connectivity index is 1.40. The Morgan fingerprint density at radius 2 is 1.23 bits per heavy atom. The number of rotatable bonds is 10. The minimum absolute atomic E-state index is 0.0407. The van der Waals surface area contributed by atoms with E-state index in [-0.39, 0.29) is 69.7 Å². The monoisotopic (exact) mass is 1350 g/mol. The lowest BCUT2D eigenvalue weighted by atomic mass is 9.81. The number of amides is 11. The third kappa shape index (κ3) is 19.5. The van der Waals surface area contributed by atoms with Gasteiger partial charge in [0.25, 0.3) is 0 Å². The Bertz CT molecular complexity index is 3100. The van der Waals surface area contributed by atoms with Crippen LogP contribution >= 0.6 is 11.6 Å². The van der Waals surface area contributed by atoms with Crippen molar-refractivity contribution in [1.82, 2.24) is 55.1 Å². The summed E-state index contributed by atoms with van der Waals surface area (Å²) in [5.74, 6) is -7.62. The molecular formula is C69H101ClF3N11O11. The topological polar surface area (TPSA) is 250 Å². The molecule has 4 fully saturated rings. The zero-order valence-electron chi connectivity index (χ0n) is 57.7. The molecule has 2 aliphatic carbocycles. The van der Waals surface area contributed by atoms with Crippen molar-refractivity contribution in [3.8, 4) is 0 Å². The highest BCUT2D eigenvalue weighted by atomic mass is 35.5. The van der Waals surface area contributed by atoms with Gasteiger partial charge in [0.2, 0.25) is 65.0 Å². The summed E-state index contributed by atoms with van der Waals surface area (Å²) in [4.78, 5) is 172. The van der Waals surface area contributed by atoms with Gasteiger partial charge in [-0.25, -0.2) is 0 Å². The predicted octanol–water partition coefficient (Wildman–Crippen LogP) is 6.01. The highest BCUT2D eigenvalue weighted by Gasteiger charge is 2.51. The molecule has 6 rings (SSSR count). The van der Waals surface area contributed by atoms with E-state index in [0.717, 1.165) is 51.7 Å². The van der Waals surface area contributed by atoms with Crippen molar-refractivity contribution in [1.29, 1.82) is 0 Å². The minimum Gasteiger partial charge on any atom is -0.343 e. The Morgan fingerprint density at radius 3 is 1.83 bits per heavy atom.